The maximum atomic E-state index is 13.0. The minimum absolute atomic E-state index is 0.0368. The number of fused-ring (bicyclic) bond motifs is 1. The molecule has 0 unspecified atom stereocenters. The zero-order valence-electron chi connectivity index (χ0n) is 25.4. The van der Waals surface area contributed by atoms with Crippen LogP contribution in [0.25, 0.3) is 29.3 Å². The highest BCUT2D eigenvalue weighted by molar-refractivity contribution is 6.38. The predicted octanol–water partition coefficient (Wildman–Crippen LogP) is 6.83. The molecule has 46 heavy (non-hydrogen) atoms. The summed E-state index contributed by atoms with van der Waals surface area (Å²) < 4.78 is 13.2. The quantitative estimate of drug-likeness (QED) is 0.157. The number of amides is 2. The van der Waals surface area contributed by atoms with Gasteiger partial charge in [0.2, 0.25) is 11.8 Å². The maximum absolute atomic E-state index is 13.0. The molecule has 1 N–H and O–H groups in total. The first kappa shape index (κ1) is 32.3. The number of aryl methyl sites for hydroxylation is 1. The fourth-order valence-electron chi connectivity index (χ4n) is 4.62. The second kappa shape index (κ2) is 14.8. The van der Waals surface area contributed by atoms with Crippen LogP contribution in [0, 0.1) is 0 Å². The van der Waals surface area contributed by atoms with E-state index < -0.39 is 5.91 Å². The Bertz CT molecular complexity index is 1920. The van der Waals surface area contributed by atoms with Crippen molar-refractivity contribution in [3.05, 3.63) is 117 Å². The molecule has 0 aliphatic rings. The summed E-state index contributed by atoms with van der Waals surface area (Å²) in [5.41, 5.74) is 5.33. The molecule has 0 saturated heterocycles. The Labute approximate surface area is 276 Å². The summed E-state index contributed by atoms with van der Waals surface area (Å²) in [6, 6.07) is 20.9. The van der Waals surface area contributed by atoms with Crippen LogP contribution in [0.3, 0.4) is 0 Å². The number of carbonyl (C=O) groups is 2. The van der Waals surface area contributed by atoms with E-state index in [1.54, 1.807) is 50.8 Å². The van der Waals surface area contributed by atoms with Gasteiger partial charge in [0, 0.05) is 43.2 Å². The highest BCUT2D eigenvalue weighted by Gasteiger charge is 2.20. The van der Waals surface area contributed by atoms with E-state index in [9.17, 15) is 9.59 Å². The van der Waals surface area contributed by atoms with Gasteiger partial charge >= 0.3 is 0 Å². The number of carbonyl (C=O) groups excluding carboxylic acids is 2. The van der Waals surface area contributed by atoms with Gasteiger partial charge in [0.05, 0.1) is 29.9 Å². The van der Waals surface area contributed by atoms with E-state index >= 15 is 0 Å². The number of likely N-dealkylation sites (N-methyl/N-ethyl adjacent to an activating group) is 1. The molecule has 0 fully saturated rings. The first-order valence-corrected chi connectivity index (χ1v) is 15.0. The number of aromatic nitrogens is 3. The molecule has 0 radical (unpaired) electrons. The number of nitrogens with one attached hydrogen (secondary N) is 1. The van der Waals surface area contributed by atoms with E-state index in [0.717, 1.165) is 22.2 Å². The smallest absolute Gasteiger partial charge is 0.296 e. The van der Waals surface area contributed by atoms with Crippen molar-refractivity contribution in [1.82, 2.24) is 19.9 Å². The lowest BCUT2D eigenvalue weighted by atomic mass is 10.1. The summed E-state index contributed by atoms with van der Waals surface area (Å²) >= 11 is 13.2. The standard InChI is InChI=1S/C35H31Cl2N5O4/c1-41(32(44)21-39-31(43)16-13-24-9-7-23(8-10-24)11-12-25-17-19-38-20-18-25)28-15-14-27(36)26(33(28)37)22-46-30-6-4-5-29-34(30)40-35(45-3)42(29)2/h4-20H,21-22H2,1-3H3,(H,39,43)/b12-11+,16-13?. The Kier molecular flexibility index (Phi) is 10.4. The van der Waals surface area contributed by atoms with E-state index in [-0.39, 0.29) is 24.1 Å². The predicted molar refractivity (Wildman–Crippen MR) is 183 cm³/mol. The molecule has 0 atom stereocenters. The Balaban J connectivity index is 1.17. The Morgan fingerprint density at radius 1 is 0.935 bits per heavy atom. The summed E-state index contributed by atoms with van der Waals surface area (Å²) in [7, 11) is 4.98. The first-order chi connectivity index (χ1) is 22.2. The van der Waals surface area contributed by atoms with Gasteiger partial charge in [-0.15, -0.1) is 0 Å². The van der Waals surface area contributed by atoms with Gasteiger partial charge in [0.25, 0.3) is 6.01 Å². The number of hydrogen-bond acceptors (Lipinski definition) is 6. The van der Waals surface area contributed by atoms with Gasteiger partial charge in [-0.2, -0.15) is 4.98 Å². The van der Waals surface area contributed by atoms with Crippen molar-refractivity contribution in [2.45, 2.75) is 6.61 Å². The third kappa shape index (κ3) is 7.56. The number of ether oxygens (including phenoxy) is 2. The van der Waals surface area contributed by atoms with Crippen LogP contribution in [0.2, 0.25) is 10.0 Å². The van der Waals surface area contributed by atoms with Crippen molar-refractivity contribution in [3.8, 4) is 11.8 Å². The van der Waals surface area contributed by atoms with E-state index in [1.165, 1.54) is 11.0 Å². The number of halogens is 2. The molecule has 9 nitrogen and oxygen atoms in total. The average molecular weight is 657 g/mol. The van der Waals surface area contributed by atoms with Crippen molar-refractivity contribution in [2.75, 3.05) is 25.6 Å². The van der Waals surface area contributed by atoms with Crippen LogP contribution < -0.4 is 19.7 Å². The molecule has 0 saturated carbocycles. The summed E-state index contributed by atoms with van der Waals surface area (Å²) in [6.45, 7) is -0.193. The molecule has 2 heterocycles. The number of nitrogens with zero attached hydrogens (tertiary/aromatic N) is 4. The molecular formula is C35H31Cl2N5O4. The van der Waals surface area contributed by atoms with Crippen molar-refractivity contribution in [2.24, 2.45) is 7.05 Å². The zero-order chi connectivity index (χ0) is 32.6. The lowest BCUT2D eigenvalue weighted by Crippen LogP contribution is -2.37. The monoisotopic (exact) mass is 655 g/mol. The summed E-state index contributed by atoms with van der Waals surface area (Å²) in [5, 5.41) is 3.28. The summed E-state index contributed by atoms with van der Waals surface area (Å²) in [6.07, 6.45) is 10.6. The Morgan fingerprint density at radius 2 is 1.61 bits per heavy atom. The highest BCUT2D eigenvalue weighted by atomic mass is 35.5. The van der Waals surface area contributed by atoms with Gasteiger partial charge in [-0.25, -0.2) is 0 Å². The van der Waals surface area contributed by atoms with Gasteiger partial charge in [0.15, 0.2) is 0 Å². The minimum Gasteiger partial charge on any atom is -0.486 e. The van der Waals surface area contributed by atoms with E-state index in [4.69, 9.17) is 32.7 Å². The number of hydrogen-bond donors (Lipinski definition) is 1. The largest absolute Gasteiger partial charge is 0.486 e. The van der Waals surface area contributed by atoms with Gasteiger partial charge in [-0.1, -0.05) is 65.7 Å². The van der Waals surface area contributed by atoms with Gasteiger partial charge in [-0.3, -0.25) is 19.1 Å². The summed E-state index contributed by atoms with van der Waals surface area (Å²) in [5.74, 6) is -0.239. The normalized spacial score (nSPS) is 11.3. The molecule has 5 rings (SSSR count). The summed E-state index contributed by atoms with van der Waals surface area (Å²) in [4.78, 5) is 35.3. The number of anilines is 1. The highest BCUT2D eigenvalue weighted by Crippen LogP contribution is 2.36. The maximum Gasteiger partial charge on any atom is 0.296 e. The second-order valence-corrected chi connectivity index (χ2v) is 11.0. The zero-order valence-corrected chi connectivity index (χ0v) is 26.9. The van der Waals surface area contributed by atoms with Crippen LogP contribution >= 0.6 is 23.2 Å². The molecule has 0 spiro atoms. The third-order valence-electron chi connectivity index (χ3n) is 7.24. The number of para-hydroxylation sites is 1. The second-order valence-electron chi connectivity index (χ2n) is 10.2. The molecule has 3 aromatic carbocycles. The molecule has 11 heteroatoms. The first-order valence-electron chi connectivity index (χ1n) is 14.2. The lowest BCUT2D eigenvalue weighted by Gasteiger charge is -2.21. The van der Waals surface area contributed by atoms with Crippen molar-refractivity contribution in [3.63, 3.8) is 0 Å². The molecular weight excluding hydrogens is 625 g/mol. The SMILES string of the molecule is COc1nc2c(OCc3c(Cl)ccc(N(C)C(=O)CNC(=O)C=Cc4ccc(/C=C/c5ccncc5)cc4)c3Cl)cccc2n1C. The number of benzene rings is 3. The molecule has 234 valence electrons. The molecule has 0 aliphatic carbocycles. The van der Waals surface area contributed by atoms with Crippen LogP contribution in [-0.4, -0.2) is 47.1 Å². The minimum atomic E-state index is -0.403. The van der Waals surface area contributed by atoms with Crippen LogP contribution in [0.1, 0.15) is 22.3 Å². The van der Waals surface area contributed by atoms with Crippen LogP contribution in [0.15, 0.2) is 85.2 Å². The Hall–Kier alpha value is -5.12. The van der Waals surface area contributed by atoms with Gasteiger partial charge < -0.3 is 19.7 Å². The van der Waals surface area contributed by atoms with Gasteiger partial charge in [0.1, 0.15) is 17.9 Å². The molecule has 0 bridgehead atoms. The van der Waals surface area contributed by atoms with Crippen LogP contribution in [0.5, 0.6) is 11.8 Å². The number of pyridine rings is 1. The van der Waals surface area contributed by atoms with Crippen LogP contribution in [-0.2, 0) is 23.2 Å². The topological polar surface area (TPSA) is 98.6 Å². The van der Waals surface area contributed by atoms with E-state index in [1.807, 2.05) is 72.3 Å². The van der Waals surface area contributed by atoms with Crippen molar-refractivity contribution in [1.29, 1.82) is 0 Å². The van der Waals surface area contributed by atoms with Crippen molar-refractivity contribution < 1.29 is 19.1 Å². The van der Waals surface area contributed by atoms with Crippen molar-refractivity contribution >= 4 is 70.0 Å². The molecule has 2 aromatic heterocycles. The van der Waals surface area contributed by atoms with E-state index in [0.29, 0.717) is 33.6 Å². The fourth-order valence-corrected chi connectivity index (χ4v) is 5.23. The fraction of sp³-hybridized carbons (Fsp3) is 0.143. The van der Waals surface area contributed by atoms with Crippen LogP contribution in [0.4, 0.5) is 5.69 Å². The lowest BCUT2D eigenvalue weighted by molar-refractivity contribution is -0.122. The number of imidazole rings is 1. The van der Waals surface area contributed by atoms with Gasteiger partial charge in [-0.05, 0) is 59.2 Å². The number of methoxy groups -OCH3 is 1. The van der Waals surface area contributed by atoms with E-state index in [2.05, 4.69) is 15.3 Å². The number of rotatable bonds is 11. The third-order valence-corrected chi connectivity index (χ3v) is 8.02. The molecule has 0 aliphatic heterocycles. The molecule has 2 amide bonds. The molecule has 5 aromatic rings. The Morgan fingerprint density at radius 3 is 2.30 bits per heavy atom. The average Bonchev–Trinajstić information content (AvgIpc) is 3.41.